The molecule has 120 valence electrons. The molecule has 0 radical (unpaired) electrons. The second kappa shape index (κ2) is 9.42. The van der Waals surface area contributed by atoms with Gasteiger partial charge in [0, 0.05) is 0 Å². The average Bonchev–Trinajstić information content (AvgIpc) is 2.44. The zero-order valence-electron chi connectivity index (χ0n) is 14.8. The molecule has 0 aliphatic heterocycles. The van der Waals surface area contributed by atoms with Crippen LogP contribution in [-0.4, -0.2) is 6.71 Å². The predicted molar refractivity (Wildman–Crippen MR) is 107 cm³/mol. The molecule has 0 aromatic carbocycles. The highest BCUT2D eigenvalue weighted by Crippen LogP contribution is 2.43. The molecule has 0 N–H and O–H groups in total. The van der Waals surface area contributed by atoms with Crippen molar-refractivity contribution in [2.75, 3.05) is 0 Å². The maximum absolute atomic E-state index is 2.63. The Balaban J connectivity index is 2.90. The van der Waals surface area contributed by atoms with E-state index in [-0.39, 0.29) is 0 Å². The normalized spacial score (nSPS) is 18.7. The standard InChI is InChI=1S/C19H34BI/c1-6-7-11-14-20(19(4,5)16(2)3)18(21)15-17-12-9-8-10-13-17/h11,14-17H,6-10,12-13H2,1-5H3/b14-11+,18-15-. The number of hydrogen-bond acceptors (Lipinski definition) is 0. The van der Waals surface area contributed by atoms with Crippen molar-refractivity contribution in [1.82, 2.24) is 0 Å². The highest BCUT2D eigenvalue weighted by atomic mass is 127. The van der Waals surface area contributed by atoms with Crippen molar-refractivity contribution in [3.05, 3.63) is 21.6 Å². The third-order valence-electron chi connectivity index (χ3n) is 5.42. The zero-order chi connectivity index (χ0) is 15.9. The Hall–Kier alpha value is 0.275. The maximum atomic E-state index is 2.63. The Kier molecular flexibility index (Phi) is 8.67. The van der Waals surface area contributed by atoms with E-state index in [4.69, 9.17) is 0 Å². The highest BCUT2D eigenvalue weighted by Gasteiger charge is 2.36. The Morgan fingerprint density at radius 2 is 1.86 bits per heavy atom. The van der Waals surface area contributed by atoms with Gasteiger partial charge in [-0.3, -0.25) is 0 Å². The quantitative estimate of drug-likeness (QED) is 0.312. The molecule has 0 atom stereocenters. The molecule has 2 heteroatoms. The first-order valence-corrected chi connectivity index (χ1v) is 10.0. The van der Waals surface area contributed by atoms with Crippen LogP contribution in [0.1, 0.15) is 79.6 Å². The fraction of sp³-hybridized carbons (Fsp3) is 0.789. The summed E-state index contributed by atoms with van der Waals surface area (Å²) in [5.41, 5.74) is 0. The van der Waals surface area contributed by atoms with Gasteiger partial charge in [0.25, 0.3) is 0 Å². The van der Waals surface area contributed by atoms with Crippen molar-refractivity contribution in [3.8, 4) is 0 Å². The van der Waals surface area contributed by atoms with Gasteiger partial charge in [0.1, 0.15) is 0 Å². The van der Waals surface area contributed by atoms with Gasteiger partial charge in [-0.2, -0.15) is 0 Å². The highest BCUT2D eigenvalue weighted by molar-refractivity contribution is 14.1. The first-order chi connectivity index (χ1) is 9.89. The van der Waals surface area contributed by atoms with Gasteiger partial charge < -0.3 is 0 Å². The molecule has 0 amide bonds. The average molecular weight is 400 g/mol. The molecule has 0 aromatic heterocycles. The summed E-state index contributed by atoms with van der Waals surface area (Å²) in [5.74, 6) is 4.01. The van der Waals surface area contributed by atoms with Gasteiger partial charge in [-0.05, 0) is 39.9 Å². The second-order valence-corrected chi connectivity index (χ2v) is 8.87. The van der Waals surface area contributed by atoms with Crippen LogP contribution in [0.2, 0.25) is 5.31 Å². The van der Waals surface area contributed by atoms with E-state index in [0.29, 0.717) is 17.9 Å². The second-order valence-electron chi connectivity index (χ2n) is 7.62. The summed E-state index contributed by atoms with van der Waals surface area (Å²) in [6, 6.07) is 0. The fourth-order valence-electron chi connectivity index (χ4n) is 3.08. The van der Waals surface area contributed by atoms with Crippen LogP contribution in [0.4, 0.5) is 0 Å². The number of rotatable bonds is 7. The van der Waals surface area contributed by atoms with Crippen LogP contribution in [0.25, 0.3) is 0 Å². The molecule has 1 aliphatic rings. The van der Waals surface area contributed by atoms with Crippen molar-refractivity contribution in [3.63, 3.8) is 0 Å². The Morgan fingerprint density at radius 1 is 1.24 bits per heavy atom. The molecule has 0 heterocycles. The molecule has 21 heavy (non-hydrogen) atoms. The molecule has 1 saturated carbocycles. The van der Waals surface area contributed by atoms with Crippen LogP contribution in [-0.2, 0) is 0 Å². The SMILES string of the molecule is CCC/C=C/B(/C(I)=C/C1CCCCC1)C(C)(C)C(C)C. The summed E-state index contributed by atoms with van der Waals surface area (Å²) in [4.78, 5) is 0. The Bertz CT molecular complexity index is 349. The van der Waals surface area contributed by atoms with Crippen LogP contribution in [0.5, 0.6) is 0 Å². The molecule has 1 aliphatic carbocycles. The van der Waals surface area contributed by atoms with E-state index in [9.17, 15) is 0 Å². The molecule has 0 nitrogen and oxygen atoms in total. The summed E-state index contributed by atoms with van der Waals surface area (Å²) < 4.78 is 1.57. The van der Waals surface area contributed by atoms with Crippen LogP contribution in [0.15, 0.2) is 21.6 Å². The minimum Gasteiger partial charge on any atom is -0.113 e. The minimum atomic E-state index is 0.325. The van der Waals surface area contributed by atoms with Gasteiger partial charge in [-0.25, -0.2) is 0 Å². The number of unbranched alkanes of at least 4 members (excludes halogenated alkanes) is 1. The van der Waals surface area contributed by atoms with Gasteiger partial charge in [0.15, 0.2) is 0 Å². The maximum Gasteiger partial charge on any atom is 0.214 e. The van der Waals surface area contributed by atoms with Gasteiger partial charge in [0.2, 0.25) is 6.71 Å². The zero-order valence-corrected chi connectivity index (χ0v) is 16.9. The molecule has 0 saturated heterocycles. The number of hydrogen-bond donors (Lipinski definition) is 0. The Labute approximate surface area is 147 Å². The van der Waals surface area contributed by atoms with Gasteiger partial charge in [0.05, 0.1) is 0 Å². The molecule has 0 aromatic rings. The van der Waals surface area contributed by atoms with Crippen molar-refractivity contribution in [1.29, 1.82) is 0 Å². The van der Waals surface area contributed by atoms with E-state index < -0.39 is 0 Å². The number of halogens is 1. The van der Waals surface area contributed by atoms with E-state index in [2.05, 4.69) is 75.3 Å². The van der Waals surface area contributed by atoms with E-state index in [0.717, 1.165) is 5.92 Å². The lowest BCUT2D eigenvalue weighted by molar-refractivity contribution is 0.419. The summed E-state index contributed by atoms with van der Waals surface area (Å²) in [7, 11) is 0. The molecule has 1 fully saturated rings. The van der Waals surface area contributed by atoms with Crippen LogP contribution >= 0.6 is 22.6 Å². The van der Waals surface area contributed by atoms with Gasteiger partial charge in [-0.1, -0.05) is 95.0 Å². The molecular formula is C19H34BI. The lowest BCUT2D eigenvalue weighted by Gasteiger charge is -2.35. The van der Waals surface area contributed by atoms with E-state index in [1.165, 1.54) is 44.9 Å². The first-order valence-electron chi connectivity index (χ1n) is 8.93. The summed E-state index contributed by atoms with van der Waals surface area (Å²) >= 11 is 2.63. The van der Waals surface area contributed by atoms with Gasteiger partial charge in [-0.15, -0.1) is 5.98 Å². The molecule has 0 unspecified atom stereocenters. The lowest BCUT2D eigenvalue weighted by atomic mass is 9.31. The van der Waals surface area contributed by atoms with Crippen molar-refractivity contribution < 1.29 is 0 Å². The third-order valence-corrected chi connectivity index (χ3v) is 6.45. The van der Waals surface area contributed by atoms with E-state index in [1.807, 2.05) is 0 Å². The van der Waals surface area contributed by atoms with Crippen molar-refractivity contribution in [2.45, 2.75) is 84.9 Å². The lowest BCUT2D eigenvalue weighted by Crippen LogP contribution is -2.32. The van der Waals surface area contributed by atoms with E-state index >= 15 is 0 Å². The smallest absolute Gasteiger partial charge is 0.113 e. The van der Waals surface area contributed by atoms with Crippen LogP contribution < -0.4 is 0 Å². The van der Waals surface area contributed by atoms with Crippen LogP contribution in [0, 0.1) is 11.8 Å². The summed E-state index contributed by atoms with van der Waals surface area (Å²) in [5, 5.41) is 0.325. The number of allylic oxidation sites excluding steroid dienone is 2. The molecule has 1 rings (SSSR count). The molecular weight excluding hydrogens is 366 g/mol. The third kappa shape index (κ3) is 6.12. The van der Waals surface area contributed by atoms with Crippen molar-refractivity contribution >= 4 is 29.3 Å². The predicted octanol–water partition coefficient (Wildman–Crippen LogP) is 7.25. The van der Waals surface area contributed by atoms with Gasteiger partial charge >= 0.3 is 0 Å². The molecule has 0 spiro atoms. The minimum absolute atomic E-state index is 0.325. The molecule has 0 bridgehead atoms. The monoisotopic (exact) mass is 400 g/mol. The van der Waals surface area contributed by atoms with E-state index in [1.54, 1.807) is 3.48 Å². The fourth-order valence-corrected chi connectivity index (χ4v) is 4.60. The topological polar surface area (TPSA) is 0 Å². The largest absolute Gasteiger partial charge is 0.214 e. The first kappa shape index (κ1) is 19.3. The Morgan fingerprint density at radius 3 is 2.38 bits per heavy atom. The summed E-state index contributed by atoms with van der Waals surface area (Å²) in [6.07, 6.45) is 14.6. The summed E-state index contributed by atoms with van der Waals surface area (Å²) in [6.45, 7) is 12.4. The van der Waals surface area contributed by atoms with Crippen LogP contribution in [0.3, 0.4) is 0 Å². The van der Waals surface area contributed by atoms with Crippen molar-refractivity contribution in [2.24, 2.45) is 11.8 Å².